The van der Waals surface area contributed by atoms with Gasteiger partial charge in [-0.2, -0.15) is 13.2 Å². The zero-order valence-electron chi connectivity index (χ0n) is 11.5. The molecule has 0 saturated heterocycles. The number of H-pyrrole nitrogens is 1. The summed E-state index contributed by atoms with van der Waals surface area (Å²) in [4.78, 5) is 13.6. The summed E-state index contributed by atoms with van der Waals surface area (Å²) in [6.45, 7) is 0. The van der Waals surface area contributed by atoms with Crippen molar-refractivity contribution in [3.63, 3.8) is 0 Å². The SMILES string of the molecule is O=C(O)c1cc2cc(Oc3cccc(C(F)(F)F)c3)ccc2[nH]1. The number of carboxylic acids is 1. The van der Waals surface area contributed by atoms with E-state index in [0.29, 0.717) is 16.7 Å². The van der Waals surface area contributed by atoms with Crippen LogP contribution in [0, 0.1) is 0 Å². The standard InChI is InChI=1S/C16H10F3NO3/c17-16(18,19)10-2-1-3-11(8-10)23-12-4-5-13-9(6-12)7-14(20-13)15(21)22/h1-8,20H,(H,21,22). The van der Waals surface area contributed by atoms with Gasteiger partial charge in [0.2, 0.25) is 0 Å². The van der Waals surface area contributed by atoms with Gasteiger partial charge in [0.25, 0.3) is 0 Å². The molecule has 1 heterocycles. The lowest BCUT2D eigenvalue weighted by Crippen LogP contribution is -2.04. The highest BCUT2D eigenvalue weighted by atomic mass is 19.4. The predicted octanol–water partition coefficient (Wildman–Crippen LogP) is 4.68. The molecule has 2 N–H and O–H groups in total. The first-order valence-electron chi connectivity index (χ1n) is 6.54. The molecule has 0 aliphatic rings. The van der Waals surface area contributed by atoms with Gasteiger partial charge in [-0.1, -0.05) is 6.07 Å². The van der Waals surface area contributed by atoms with Crippen LogP contribution in [0.4, 0.5) is 13.2 Å². The quantitative estimate of drug-likeness (QED) is 0.736. The van der Waals surface area contributed by atoms with E-state index in [1.807, 2.05) is 0 Å². The van der Waals surface area contributed by atoms with Crippen molar-refractivity contribution in [2.45, 2.75) is 6.18 Å². The number of halogens is 3. The number of alkyl halides is 3. The van der Waals surface area contributed by atoms with Crippen LogP contribution < -0.4 is 4.74 Å². The summed E-state index contributed by atoms with van der Waals surface area (Å²) in [7, 11) is 0. The van der Waals surface area contributed by atoms with Gasteiger partial charge in [-0.15, -0.1) is 0 Å². The molecule has 2 aromatic carbocycles. The van der Waals surface area contributed by atoms with Crippen molar-refractivity contribution >= 4 is 16.9 Å². The topological polar surface area (TPSA) is 62.3 Å². The van der Waals surface area contributed by atoms with Crippen molar-refractivity contribution in [3.05, 3.63) is 59.8 Å². The highest BCUT2D eigenvalue weighted by Gasteiger charge is 2.30. The fourth-order valence-electron chi connectivity index (χ4n) is 2.16. The van der Waals surface area contributed by atoms with Crippen LogP contribution in [0.2, 0.25) is 0 Å². The second-order valence-electron chi connectivity index (χ2n) is 4.86. The van der Waals surface area contributed by atoms with Gasteiger partial charge in [0, 0.05) is 10.9 Å². The van der Waals surface area contributed by atoms with Gasteiger partial charge in [0.1, 0.15) is 17.2 Å². The molecule has 0 radical (unpaired) electrons. The number of carboxylic acid groups (broad SMARTS) is 1. The maximum absolute atomic E-state index is 12.7. The Hall–Kier alpha value is -2.96. The van der Waals surface area contributed by atoms with Crippen molar-refractivity contribution in [1.29, 1.82) is 0 Å². The van der Waals surface area contributed by atoms with Gasteiger partial charge < -0.3 is 14.8 Å². The number of hydrogen-bond acceptors (Lipinski definition) is 2. The van der Waals surface area contributed by atoms with Crippen LogP contribution in [-0.4, -0.2) is 16.1 Å². The molecular formula is C16H10F3NO3. The summed E-state index contributed by atoms with van der Waals surface area (Å²) in [5.74, 6) is -0.734. The van der Waals surface area contributed by atoms with Crippen molar-refractivity contribution in [3.8, 4) is 11.5 Å². The van der Waals surface area contributed by atoms with Gasteiger partial charge >= 0.3 is 12.1 Å². The highest BCUT2D eigenvalue weighted by Crippen LogP contribution is 2.33. The summed E-state index contributed by atoms with van der Waals surface area (Å²) in [5.41, 5.74) is -0.180. The lowest BCUT2D eigenvalue weighted by Gasteiger charge is -2.10. The van der Waals surface area contributed by atoms with Crippen LogP contribution in [0.25, 0.3) is 10.9 Å². The Morgan fingerprint density at radius 1 is 1.04 bits per heavy atom. The average molecular weight is 321 g/mol. The minimum atomic E-state index is -4.44. The molecule has 0 aliphatic carbocycles. The number of benzene rings is 2. The van der Waals surface area contributed by atoms with E-state index in [9.17, 15) is 18.0 Å². The largest absolute Gasteiger partial charge is 0.477 e. The van der Waals surface area contributed by atoms with E-state index in [1.54, 1.807) is 18.2 Å². The molecular weight excluding hydrogens is 311 g/mol. The minimum Gasteiger partial charge on any atom is -0.477 e. The summed E-state index contributed by atoms with van der Waals surface area (Å²) in [6, 6.07) is 10.7. The number of ether oxygens (including phenoxy) is 1. The van der Waals surface area contributed by atoms with Gasteiger partial charge in [0.05, 0.1) is 5.56 Å². The van der Waals surface area contributed by atoms with E-state index < -0.39 is 17.7 Å². The minimum absolute atomic E-state index is 0.0243. The second kappa shape index (κ2) is 5.35. The van der Waals surface area contributed by atoms with Crippen LogP contribution >= 0.6 is 0 Å². The molecule has 3 aromatic rings. The number of rotatable bonds is 3. The Morgan fingerprint density at radius 3 is 2.48 bits per heavy atom. The fourth-order valence-corrected chi connectivity index (χ4v) is 2.16. The van der Waals surface area contributed by atoms with Gasteiger partial charge in [-0.25, -0.2) is 4.79 Å². The lowest BCUT2D eigenvalue weighted by molar-refractivity contribution is -0.137. The van der Waals surface area contributed by atoms with Crippen LogP contribution in [0.3, 0.4) is 0 Å². The third kappa shape index (κ3) is 3.13. The Kier molecular flexibility index (Phi) is 3.48. The van der Waals surface area contributed by atoms with Crippen molar-refractivity contribution in [1.82, 2.24) is 4.98 Å². The smallest absolute Gasteiger partial charge is 0.416 e. The second-order valence-corrected chi connectivity index (χ2v) is 4.86. The van der Waals surface area contributed by atoms with E-state index in [0.717, 1.165) is 12.1 Å². The van der Waals surface area contributed by atoms with Crippen molar-refractivity contribution < 1.29 is 27.8 Å². The van der Waals surface area contributed by atoms with Gasteiger partial charge in [0.15, 0.2) is 0 Å². The Bertz CT molecular complexity index is 884. The third-order valence-corrected chi connectivity index (χ3v) is 3.22. The molecule has 0 saturated carbocycles. The molecule has 4 nitrogen and oxygen atoms in total. The maximum Gasteiger partial charge on any atom is 0.416 e. The molecule has 0 aliphatic heterocycles. The molecule has 1 aromatic heterocycles. The van der Waals surface area contributed by atoms with Crippen molar-refractivity contribution in [2.75, 3.05) is 0 Å². The van der Waals surface area contributed by atoms with Crippen LogP contribution in [0.1, 0.15) is 16.1 Å². The molecule has 7 heteroatoms. The first kappa shape index (κ1) is 15.0. The fraction of sp³-hybridized carbons (Fsp3) is 0.0625. The maximum atomic E-state index is 12.7. The summed E-state index contributed by atoms with van der Waals surface area (Å²) >= 11 is 0. The number of aromatic nitrogens is 1. The van der Waals surface area contributed by atoms with Gasteiger partial charge in [-0.05, 0) is 42.5 Å². The molecule has 0 amide bonds. The Balaban J connectivity index is 1.91. The lowest BCUT2D eigenvalue weighted by atomic mass is 10.2. The molecule has 0 atom stereocenters. The summed E-state index contributed by atoms with van der Waals surface area (Å²) in [6.07, 6.45) is -4.44. The number of fused-ring (bicyclic) bond motifs is 1. The molecule has 0 fully saturated rings. The Morgan fingerprint density at radius 2 is 1.78 bits per heavy atom. The van der Waals surface area contributed by atoms with Crippen LogP contribution in [0.15, 0.2) is 48.5 Å². The monoisotopic (exact) mass is 321 g/mol. The number of aromatic carboxylic acids is 1. The number of nitrogens with one attached hydrogen (secondary N) is 1. The zero-order chi connectivity index (χ0) is 16.6. The first-order valence-corrected chi connectivity index (χ1v) is 6.54. The Labute approximate surface area is 128 Å². The third-order valence-electron chi connectivity index (χ3n) is 3.22. The van der Waals surface area contributed by atoms with Gasteiger partial charge in [-0.3, -0.25) is 0 Å². The van der Waals surface area contributed by atoms with Crippen molar-refractivity contribution in [2.24, 2.45) is 0 Å². The normalized spacial score (nSPS) is 11.6. The molecule has 3 rings (SSSR count). The average Bonchev–Trinajstić information content (AvgIpc) is 2.90. The molecule has 0 bridgehead atoms. The number of hydrogen-bond donors (Lipinski definition) is 2. The number of carbonyl (C=O) groups is 1. The first-order chi connectivity index (χ1) is 10.8. The summed E-state index contributed by atoms with van der Waals surface area (Å²) < 4.78 is 43.5. The molecule has 23 heavy (non-hydrogen) atoms. The number of aromatic amines is 1. The van der Waals surface area contributed by atoms with Crippen LogP contribution in [-0.2, 0) is 6.18 Å². The molecule has 118 valence electrons. The zero-order valence-corrected chi connectivity index (χ0v) is 11.5. The summed E-state index contributed by atoms with van der Waals surface area (Å²) in [5, 5.41) is 9.52. The van der Waals surface area contributed by atoms with E-state index in [4.69, 9.17) is 9.84 Å². The van der Waals surface area contributed by atoms with E-state index in [1.165, 1.54) is 18.2 Å². The van der Waals surface area contributed by atoms with E-state index in [2.05, 4.69) is 4.98 Å². The predicted molar refractivity (Wildman–Crippen MR) is 76.8 cm³/mol. The van der Waals surface area contributed by atoms with Crippen LogP contribution in [0.5, 0.6) is 11.5 Å². The highest BCUT2D eigenvalue weighted by molar-refractivity contribution is 5.94. The molecule has 0 unspecified atom stereocenters. The molecule has 0 spiro atoms. The van der Waals surface area contributed by atoms with E-state index in [-0.39, 0.29) is 11.4 Å². The van der Waals surface area contributed by atoms with E-state index >= 15 is 0 Å².